The van der Waals surface area contributed by atoms with E-state index in [4.69, 9.17) is 16.3 Å². The van der Waals surface area contributed by atoms with Crippen molar-refractivity contribution in [1.82, 2.24) is 13.6 Å². The third-order valence-electron chi connectivity index (χ3n) is 8.73. The monoisotopic (exact) mass is 685 g/mol. The Labute approximate surface area is 276 Å². The Morgan fingerprint density at radius 3 is 2.26 bits per heavy atom. The third kappa shape index (κ3) is 6.97. The number of aromatic nitrogens is 1. The largest absolute Gasteiger partial charge is 0.494 e. The molecule has 0 radical (unpaired) electrons. The van der Waals surface area contributed by atoms with Gasteiger partial charge in [-0.2, -0.15) is 4.31 Å². The first-order chi connectivity index (χ1) is 21.7. The molecule has 0 saturated carbocycles. The minimum Gasteiger partial charge on any atom is -0.494 e. The van der Waals surface area contributed by atoms with Gasteiger partial charge < -0.3 is 9.30 Å². The fourth-order valence-electron chi connectivity index (χ4n) is 6.03. The summed E-state index contributed by atoms with van der Waals surface area (Å²) in [5, 5.41) is 1.71. The van der Waals surface area contributed by atoms with Crippen LogP contribution in [-0.4, -0.2) is 51.3 Å². The highest BCUT2D eigenvalue weighted by Crippen LogP contribution is 2.29. The Morgan fingerprint density at radius 1 is 0.957 bits per heavy atom. The van der Waals surface area contributed by atoms with E-state index in [1.165, 1.54) is 28.6 Å². The van der Waals surface area contributed by atoms with Crippen molar-refractivity contribution in [1.29, 1.82) is 0 Å². The maximum atomic E-state index is 13.2. The number of hydrogen-bond donors (Lipinski definition) is 1. The summed E-state index contributed by atoms with van der Waals surface area (Å²) < 4.78 is 64.2. The van der Waals surface area contributed by atoms with E-state index in [2.05, 4.69) is 9.29 Å². The maximum Gasteiger partial charge on any atom is 0.265 e. The molecule has 0 aliphatic carbocycles. The predicted octanol–water partition coefficient (Wildman–Crippen LogP) is 6.54. The molecule has 1 atom stereocenters. The summed E-state index contributed by atoms with van der Waals surface area (Å²) in [7, 11) is -8.00. The number of nitrogens with zero attached hydrogens (tertiary/aromatic N) is 2. The lowest BCUT2D eigenvalue weighted by Gasteiger charge is -2.30. The van der Waals surface area contributed by atoms with Gasteiger partial charge in [0.1, 0.15) is 5.75 Å². The van der Waals surface area contributed by atoms with E-state index < -0.39 is 26.0 Å². The van der Waals surface area contributed by atoms with Crippen molar-refractivity contribution >= 4 is 48.5 Å². The Balaban J connectivity index is 1.29. The number of nitrogens with one attached hydrogen (secondary N) is 1. The van der Waals surface area contributed by atoms with Crippen molar-refractivity contribution in [2.45, 2.75) is 70.2 Å². The lowest BCUT2D eigenvalue weighted by molar-refractivity contribution is 0.0981. The van der Waals surface area contributed by atoms with Crippen molar-refractivity contribution in [2.75, 3.05) is 19.7 Å². The van der Waals surface area contributed by atoms with Crippen molar-refractivity contribution in [3.8, 4) is 5.75 Å². The number of ether oxygens (including phenoxy) is 1. The second-order valence-electron chi connectivity index (χ2n) is 12.2. The lowest BCUT2D eigenvalue weighted by atomic mass is 10.0. The number of aryl methyl sites for hydroxylation is 4. The van der Waals surface area contributed by atoms with Crippen molar-refractivity contribution in [2.24, 2.45) is 5.92 Å². The average molecular weight is 686 g/mol. The molecule has 46 heavy (non-hydrogen) atoms. The fourth-order valence-corrected chi connectivity index (χ4v) is 8.71. The molecule has 1 aromatic heterocycles. The van der Waals surface area contributed by atoms with E-state index in [1.54, 1.807) is 12.1 Å². The molecule has 4 aromatic rings. The molecule has 9 nitrogen and oxygen atoms in total. The number of carbonyl (C=O) groups excluding carboxylic acids is 1. The number of piperidine rings is 1. The van der Waals surface area contributed by atoms with Crippen LogP contribution in [0.1, 0.15) is 58.9 Å². The highest BCUT2D eigenvalue weighted by atomic mass is 35.5. The molecule has 5 rings (SSSR count). The van der Waals surface area contributed by atoms with Gasteiger partial charge in [0.25, 0.3) is 15.9 Å². The van der Waals surface area contributed by atoms with E-state index >= 15 is 0 Å². The first-order valence-corrected chi connectivity index (χ1v) is 18.7. The second-order valence-corrected chi connectivity index (χ2v) is 16.2. The standard InChI is InChI=1S/C34H40ClN3O6S2/c1-22-8-6-15-37(21-22)46(42,43)30-12-10-29(11-13-30)45(40,41)36-34(39)27-9-14-31-25(4)26(5)38(32(31)20-27)16-7-17-44-28-18-23(2)33(35)24(3)19-28/h9-14,18-20,22H,6-8,15-17,21H2,1-5H3,(H,36,39). The number of fused-ring (bicyclic) bond motifs is 1. The van der Waals surface area contributed by atoms with Crippen LogP contribution in [0.15, 0.2) is 64.4 Å². The number of amides is 1. The molecule has 1 saturated heterocycles. The van der Waals surface area contributed by atoms with E-state index in [1.807, 2.05) is 52.8 Å². The normalized spacial score (nSPS) is 16.1. The topological polar surface area (TPSA) is 115 Å². The molecule has 1 fully saturated rings. The van der Waals surface area contributed by atoms with Gasteiger partial charge in [0, 0.05) is 46.8 Å². The summed E-state index contributed by atoms with van der Waals surface area (Å²) in [6.07, 6.45) is 2.46. The van der Waals surface area contributed by atoms with Crippen molar-refractivity contribution < 1.29 is 26.4 Å². The molecule has 1 N–H and O–H groups in total. The second kappa shape index (κ2) is 13.4. The van der Waals surface area contributed by atoms with Crippen LogP contribution >= 0.6 is 11.6 Å². The quantitative estimate of drug-likeness (QED) is 0.190. The maximum absolute atomic E-state index is 13.2. The summed E-state index contributed by atoms with van der Waals surface area (Å²) in [6.45, 7) is 11.9. The van der Waals surface area contributed by atoms with Crippen LogP contribution in [0, 0.1) is 33.6 Å². The SMILES string of the molecule is Cc1cc(OCCCn2c(C)c(C)c3ccc(C(=O)NS(=O)(=O)c4ccc(S(=O)(=O)N5CCCC(C)C5)cc4)cc32)cc(C)c1Cl. The van der Waals surface area contributed by atoms with Crippen molar-refractivity contribution in [3.63, 3.8) is 0 Å². The highest BCUT2D eigenvalue weighted by Gasteiger charge is 2.29. The first kappa shape index (κ1) is 34.0. The molecule has 12 heteroatoms. The molecular weight excluding hydrogens is 646 g/mol. The number of rotatable bonds is 10. The van der Waals surface area contributed by atoms with Gasteiger partial charge in [-0.3, -0.25) is 4.79 Å². The zero-order chi connectivity index (χ0) is 33.4. The predicted molar refractivity (Wildman–Crippen MR) is 181 cm³/mol. The van der Waals surface area contributed by atoms with Gasteiger partial charge in [-0.25, -0.2) is 21.6 Å². The van der Waals surface area contributed by atoms with E-state index in [0.717, 1.165) is 56.9 Å². The lowest BCUT2D eigenvalue weighted by Crippen LogP contribution is -2.39. The Morgan fingerprint density at radius 2 is 1.61 bits per heavy atom. The van der Waals surface area contributed by atoms with E-state index in [-0.39, 0.29) is 21.3 Å². The molecule has 2 heterocycles. The van der Waals surface area contributed by atoms with Gasteiger partial charge in [-0.1, -0.05) is 24.6 Å². The van der Waals surface area contributed by atoms with Crippen LogP contribution in [0.3, 0.4) is 0 Å². The summed E-state index contributed by atoms with van der Waals surface area (Å²) >= 11 is 6.27. The number of sulfonamides is 2. The van der Waals surface area contributed by atoms with Gasteiger partial charge in [-0.05, 0) is 118 Å². The van der Waals surface area contributed by atoms with Gasteiger partial charge in [0.15, 0.2) is 0 Å². The van der Waals surface area contributed by atoms with Gasteiger partial charge in [-0.15, -0.1) is 0 Å². The molecule has 3 aromatic carbocycles. The summed E-state index contributed by atoms with van der Waals surface area (Å²) in [4.78, 5) is 13.0. The third-order valence-corrected chi connectivity index (χ3v) is 12.5. The smallest absolute Gasteiger partial charge is 0.265 e. The molecule has 0 spiro atoms. The average Bonchev–Trinajstić information content (AvgIpc) is 3.25. The first-order valence-electron chi connectivity index (χ1n) is 15.4. The molecule has 1 unspecified atom stereocenters. The molecule has 1 aliphatic heterocycles. The van der Waals surface area contributed by atoms with Crippen LogP contribution in [0.4, 0.5) is 0 Å². The zero-order valence-electron chi connectivity index (χ0n) is 26.8. The molecule has 1 aliphatic rings. The molecule has 0 bridgehead atoms. The Kier molecular flexibility index (Phi) is 9.89. The van der Waals surface area contributed by atoms with Crippen LogP contribution in [0.2, 0.25) is 5.02 Å². The van der Waals surface area contributed by atoms with E-state index in [9.17, 15) is 21.6 Å². The van der Waals surface area contributed by atoms with E-state index in [0.29, 0.717) is 32.7 Å². The minimum absolute atomic E-state index is 0.0209. The number of benzene rings is 3. The highest BCUT2D eigenvalue weighted by molar-refractivity contribution is 7.90. The molecule has 246 valence electrons. The van der Waals surface area contributed by atoms with Crippen LogP contribution in [0.25, 0.3) is 10.9 Å². The van der Waals surface area contributed by atoms with Crippen LogP contribution in [0.5, 0.6) is 5.75 Å². The molecule has 1 amide bonds. The van der Waals surface area contributed by atoms with Crippen LogP contribution < -0.4 is 9.46 Å². The summed E-state index contributed by atoms with van der Waals surface area (Å²) in [5.74, 6) is 0.245. The number of hydrogen-bond acceptors (Lipinski definition) is 6. The van der Waals surface area contributed by atoms with Gasteiger partial charge in [0.2, 0.25) is 10.0 Å². The number of halogens is 1. The summed E-state index contributed by atoms with van der Waals surface area (Å²) in [6, 6.07) is 13.9. The fraction of sp³-hybridized carbons (Fsp3) is 0.382. The van der Waals surface area contributed by atoms with Gasteiger partial charge in [0.05, 0.1) is 16.4 Å². The van der Waals surface area contributed by atoms with Crippen molar-refractivity contribution in [3.05, 3.63) is 87.6 Å². The minimum atomic E-state index is -4.26. The zero-order valence-corrected chi connectivity index (χ0v) is 29.2. The Bertz CT molecular complexity index is 1980. The Hall–Kier alpha value is -3.38. The summed E-state index contributed by atoms with van der Waals surface area (Å²) in [5.41, 5.74) is 5.05. The molecular formula is C34H40ClN3O6S2. The number of carbonyl (C=O) groups is 1. The van der Waals surface area contributed by atoms with Crippen LogP contribution in [-0.2, 0) is 26.6 Å². The van der Waals surface area contributed by atoms with Gasteiger partial charge >= 0.3 is 0 Å².